The first-order valence-corrected chi connectivity index (χ1v) is 9.21. The lowest BCUT2D eigenvalue weighted by molar-refractivity contribution is 0.0479. The zero-order valence-corrected chi connectivity index (χ0v) is 15.0. The Balaban J connectivity index is 1.43. The molecule has 3 aromatic rings. The fourth-order valence-corrected chi connectivity index (χ4v) is 3.67. The minimum atomic E-state index is -0.612. The lowest BCUT2D eigenvalue weighted by Crippen LogP contribution is -2.13. The number of thiophene rings is 1. The van der Waals surface area contributed by atoms with Gasteiger partial charge < -0.3 is 14.2 Å². The first kappa shape index (κ1) is 17.5. The largest absolute Gasteiger partial charge is 0.490 e. The van der Waals surface area contributed by atoms with Gasteiger partial charge in [0.2, 0.25) is 0 Å². The molecule has 0 unspecified atom stereocenters. The Morgan fingerprint density at radius 3 is 2.70 bits per heavy atom. The van der Waals surface area contributed by atoms with Crippen LogP contribution in [0.2, 0.25) is 0 Å². The van der Waals surface area contributed by atoms with Gasteiger partial charge in [0.25, 0.3) is 0 Å². The molecule has 0 aliphatic carbocycles. The second-order valence-corrected chi connectivity index (χ2v) is 7.09. The number of Topliss-reactive ketones (excluding diaryl/α,β-unsaturated/α-hetero) is 1. The molecular weight excluding hydrogens is 371 g/mol. The number of carbonyl (C=O) groups excluding carboxylic acids is 2. The second-order valence-electron chi connectivity index (χ2n) is 6.00. The van der Waals surface area contributed by atoms with E-state index in [1.807, 2.05) is 0 Å². The molecule has 0 spiro atoms. The third kappa shape index (κ3) is 3.78. The van der Waals surface area contributed by atoms with Gasteiger partial charge in [-0.15, -0.1) is 11.3 Å². The molecule has 2 heterocycles. The molecule has 0 amide bonds. The van der Waals surface area contributed by atoms with Gasteiger partial charge >= 0.3 is 5.97 Å². The number of ether oxygens (including phenoxy) is 3. The number of rotatable bonds is 4. The smallest absolute Gasteiger partial charge is 0.348 e. The Labute approximate surface area is 158 Å². The quantitative estimate of drug-likeness (QED) is 0.496. The molecule has 0 atom stereocenters. The van der Waals surface area contributed by atoms with Crippen LogP contribution in [-0.4, -0.2) is 31.6 Å². The monoisotopic (exact) mass is 386 g/mol. The maximum atomic E-state index is 13.3. The molecule has 4 rings (SSSR count). The fourth-order valence-electron chi connectivity index (χ4n) is 2.74. The van der Waals surface area contributed by atoms with Crippen LogP contribution in [0.1, 0.15) is 26.5 Å². The van der Waals surface area contributed by atoms with Crippen LogP contribution in [-0.2, 0) is 4.74 Å². The zero-order valence-electron chi connectivity index (χ0n) is 14.2. The van der Waals surface area contributed by atoms with Gasteiger partial charge in [-0.05, 0) is 47.9 Å². The Hall–Kier alpha value is -2.93. The molecule has 1 aliphatic heterocycles. The molecule has 0 saturated carbocycles. The summed E-state index contributed by atoms with van der Waals surface area (Å²) in [7, 11) is 0. The van der Waals surface area contributed by atoms with Crippen molar-refractivity contribution in [3.8, 4) is 11.5 Å². The standard InChI is InChI=1S/C20H15FO5S/c21-14-3-5-18-13(8-14)10-19(27-18)20(23)26-11-15(22)12-2-4-16-17(9-12)25-7-1-6-24-16/h2-5,8-10H,1,6-7,11H2. The third-order valence-electron chi connectivity index (χ3n) is 4.08. The van der Waals surface area contributed by atoms with Gasteiger partial charge in [-0.25, -0.2) is 9.18 Å². The molecule has 7 heteroatoms. The number of esters is 1. The van der Waals surface area contributed by atoms with Crippen LogP contribution in [0.25, 0.3) is 10.1 Å². The molecule has 138 valence electrons. The van der Waals surface area contributed by atoms with Crippen LogP contribution in [0, 0.1) is 5.82 Å². The summed E-state index contributed by atoms with van der Waals surface area (Å²) in [4.78, 5) is 24.9. The summed E-state index contributed by atoms with van der Waals surface area (Å²) in [6.45, 7) is 0.699. The van der Waals surface area contributed by atoms with Crippen molar-refractivity contribution >= 4 is 33.2 Å². The van der Waals surface area contributed by atoms with Crippen molar-refractivity contribution in [2.24, 2.45) is 0 Å². The van der Waals surface area contributed by atoms with Crippen molar-refractivity contribution < 1.29 is 28.2 Å². The van der Waals surface area contributed by atoms with E-state index in [2.05, 4.69) is 0 Å². The van der Waals surface area contributed by atoms with E-state index in [4.69, 9.17) is 14.2 Å². The van der Waals surface area contributed by atoms with Crippen molar-refractivity contribution in [3.63, 3.8) is 0 Å². The lowest BCUT2D eigenvalue weighted by Gasteiger charge is -2.09. The van der Waals surface area contributed by atoms with Crippen LogP contribution in [0.4, 0.5) is 4.39 Å². The van der Waals surface area contributed by atoms with Crippen LogP contribution >= 0.6 is 11.3 Å². The SMILES string of the molecule is O=C(COC(=O)c1cc2cc(F)ccc2s1)c1ccc2c(c1)OCCCO2. The summed E-state index contributed by atoms with van der Waals surface area (Å²) in [5.74, 6) is -0.218. The average molecular weight is 386 g/mol. The van der Waals surface area contributed by atoms with E-state index in [-0.39, 0.29) is 18.2 Å². The van der Waals surface area contributed by atoms with Crippen molar-refractivity contribution in [2.75, 3.05) is 19.8 Å². The second kappa shape index (κ2) is 7.36. The molecule has 2 aromatic carbocycles. The van der Waals surface area contributed by atoms with E-state index >= 15 is 0 Å². The highest BCUT2D eigenvalue weighted by atomic mass is 32.1. The van der Waals surface area contributed by atoms with Crippen LogP contribution in [0.3, 0.4) is 0 Å². The van der Waals surface area contributed by atoms with E-state index < -0.39 is 5.97 Å². The Morgan fingerprint density at radius 2 is 1.85 bits per heavy atom. The Morgan fingerprint density at radius 1 is 1.04 bits per heavy atom. The number of fused-ring (bicyclic) bond motifs is 2. The highest BCUT2D eigenvalue weighted by Crippen LogP contribution is 2.31. The highest BCUT2D eigenvalue weighted by Gasteiger charge is 2.17. The maximum Gasteiger partial charge on any atom is 0.348 e. The van der Waals surface area contributed by atoms with Gasteiger partial charge in [0.15, 0.2) is 23.9 Å². The number of halogens is 1. The molecule has 1 aromatic heterocycles. The van der Waals surface area contributed by atoms with E-state index in [1.165, 1.54) is 23.5 Å². The van der Waals surface area contributed by atoms with E-state index in [0.717, 1.165) is 11.1 Å². The minimum Gasteiger partial charge on any atom is -0.490 e. The fraction of sp³-hybridized carbons (Fsp3) is 0.200. The van der Waals surface area contributed by atoms with Gasteiger partial charge in [-0.3, -0.25) is 4.79 Å². The number of benzene rings is 2. The number of ketones is 1. The molecule has 27 heavy (non-hydrogen) atoms. The Bertz CT molecular complexity index is 1030. The molecular formula is C20H15FO5S. The van der Waals surface area contributed by atoms with Crippen molar-refractivity contribution in [3.05, 3.63) is 58.7 Å². The summed E-state index contributed by atoms with van der Waals surface area (Å²) in [6, 6.07) is 10.7. The van der Waals surface area contributed by atoms with Gasteiger partial charge in [0.05, 0.1) is 13.2 Å². The summed E-state index contributed by atoms with van der Waals surface area (Å²) < 4.78 is 30.3. The first-order chi connectivity index (χ1) is 13.1. The lowest BCUT2D eigenvalue weighted by atomic mass is 10.1. The molecule has 0 fully saturated rings. The van der Waals surface area contributed by atoms with E-state index in [9.17, 15) is 14.0 Å². The van der Waals surface area contributed by atoms with Crippen molar-refractivity contribution in [1.82, 2.24) is 0 Å². The predicted molar refractivity (Wildman–Crippen MR) is 98.4 cm³/mol. The van der Waals surface area contributed by atoms with Crippen LogP contribution in [0.5, 0.6) is 11.5 Å². The predicted octanol–water partition coefficient (Wildman–Crippen LogP) is 4.24. The van der Waals surface area contributed by atoms with Crippen molar-refractivity contribution in [2.45, 2.75) is 6.42 Å². The molecule has 0 bridgehead atoms. The average Bonchev–Trinajstić information content (AvgIpc) is 2.94. The zero-order chi connectivity index (χ0) is 18.8. The summed E-state index contributed by atoms with van der Waals surface area (Å²) in [6.07, 6.45) is 0.772. The van der Waals surface area contributed by atoms with Gasteiger partial charge in [-0.1, -0.05) is 0 Å². The molecule has 0 saturated heterocycles. The summed E-state index contributed by atoms with van der Waals surface area (Å²) in [5.41, 5.74) is 0.380. The van der Waals surface area contributed by atoms with Gasteiger partial charge in [0, 0.05) is 16.7 Å². The van der Waals surface area contributed by atoms with E-state index in [0.29, 0.717) is 40.5 Å². The summed E-state index contributed by atoms with van der Waals surface area (Å²) in [5, 5.41) is 0.626. The van der Waals surface area contributed by atoms with Crippen LogP contribution in [0.15, 0.2) is 42.5 Å². The normalized spacial score (nSPS) is 13.2. The molecule has 0 radical (unpaired) electrons. The summed E-state index contributed by atoms with van der Waals surface area (Å²) >= 11 is 1.19. The van der Waals surface area contributed by atoms with Gasteiger partial charge in [-0.2, -0.15) is 0 Å². The van der Waals surface area contributed by atoms with E-state index in [1.54, 1.807) is 30.3 Å². The topological polar surface area (TPSA) is 61.8 Å². The molecule has 1 aliphatic rings. The van der Waals surface area contributed by atoms with Gasteiger partial charge in [0.1, 0.15) is 10.7 Å². The number of hydrogen-bond donors (Lipinski definition) is 0. The first-order valence-electron chi connectivity index (χ1n) is 8.39. The Kier molecular flexibility index (Phi) is 4.77. The molecule has 0 N–H and O–H groups in total. The van der Waals surface area contributed by atoms with Crippen molar-refractivity contribution in [1.29, 1.82) is 0 Å². The maximum absolute atomic E-state index is 13.3. The number of hydrogen-bond acceptors (Lipinski definition) is 6. The molecule has 5 nitrogen and oxygen atoms in total. The van der Waals surface area contributed by atoms with Crippen LogP contribution < -0.4 is 9.47 Å². The minimum absolute atomic E-state index is 0.321. The number of carbonyl (C=O) groups is 2. The third-order valence-corrected chi connectivity index (χ3v) is 5.18. The highest BCUT2D eigenvalue weighted by molar-refractivity contribution is 7.20.